The number of carbonyl (C=O) groups excluding carboxylic acids is 1. The van der Waals surface area contributed by atoms with Crippen LogP contribution in [0.4, 0.5) is 0 Å². The van der Waals surface area contributed by atoms with E-state index in [9.17, 15) is 4.79 Å². The zero-order valence-electron chi connectivity index (χ0n) is 13.6. The third-order valence-corrected chi connectivity index (χ3v) is 5.33. The van der Waals surface area contributed by atoms with E-state index in [-0.39, 0.29) is 11.9 Å². The summed E-state index contributed by atoms with van der Waals surface area (Å²) in [7, 11) is 0. The van der Waals surface area contributed by atoms with Crippen molar-refractivity contribution in [2.45, 2.75) is 71.9 Å². The Hall–Kier alpha value is -0.570. The van der Waals surface area contributed by atoms with E-state index in [2.05, 4.69) is 38.3 Å². The fourth-order valence-corrected chi connectivity index (χ4v) is 3.96. The van der Waals surface area contributed by atoms with E-state index in [1.165, 1.54) is 19.3 Å². The fourth-order valence-electron chi connectivity index (χ4n) is 3.96. The summed E-state index contributed by atoms with van der Waals surface area (Å²) in [6, 6.07) is 0.411. The van der Waals surface area contributed by atoms with Crippen LogP contribution in [0.25, 0.3) is 0 Å². The molecule has 20 heavy (non-hydrogen) atoms. The van der Waals surface area contributed by atoms with Crippen molar-refractivity contribution in [1.82, 2.24) is 10.6 Å². The third kappa shape index (κ3) is 3.97. The van der Waals surface area contributed by atoms with Crippen molar-refractivity contribution in [2.24, 2.45) is 23.7 Å². The molecule has 116 valence electrons. The highest BCUT2D eigenvalue weighted by Gasteiger charge is 2.33. The molecule has 1 saturated carbocycles. The average molecular weight is 280 g/mol. The van der Waals surface area contributed by atoms with Crippen LogP contribution < -0.4 is 10.6 Å². The van der Waals surface area contributed by atoms with Gasteiger partial charge in [0.05, 0.1) is 6.04 Å². The van der Waals surface area contributed by atoms with Crippen molar-refractivity contribution in [2.75, 3.05) is 6.54 Å². The number of nitrogens with one attached hydrogen (secondary N) is 2. The molecule has 1 saturated heterocycles. The lowest BCUT2D eigenvalue weighted by Crippen LogP contribution is -2.54. The second kappa shape index (κ2) is 6.93. The summed E-state index contributed by atoms with van der Waals surface area (Å²) < 4.78 is 0. The molecule has 0 spiro atoms. The van der Waals surface area contributed by atoms with Crippen LogP contribution in [0.2, 0.25) is 0 Å². The molecular formula is C17H32N2O. The first-order valence-electron chi connectivity index (χ1n) is 8.51. The summed E-state index contributed by atoms with van der Waals surface area (Å²) in [6.45, 7) is 10.1. The van der Waals surface area contributed by atoms with Crippen LogP contribution in [-0.4, -0.2) is 24.5 Å². The number of piperidine rings is 1. The van der Waals surface area contributed by atoms with Crippen LogP contribution in [0.3, 0.4) is 0 Å². The van der Waals surface area contributed by atoms with Crippen molar-refractivity contribution in [3.8, 4) is 0 Å². The number of carbonyl (C=O) groups is 1. The zero-order chi connectivity index (χ0) is 14.7. The van der Waals surface area contributed by atoms with Crippen molar-refractivity contribution in [3.63, 3.8) is 0 Å². The predicted molar refractivity (Wildman–Crippen MR) is 83.5 cm³/mol. The zero-order valence-corrected chi connectivity index (χ0v) is 13.6. The normalized spacial score (nSPS) is 38.8. The molecular weight excluding hydrogens is 248 g/mol. The molecule has 0 aromatic carbocycles. The Morgan fingerprint density at radius 2 is 1.80 bits per heavy atom. The van der Waals surface area contributed by atoms with Crippen LogP contribution in [0.1, 0.15) is 59.8 Å². The summed E-state index contributed by atoms with van der Waals surface area (Å²) in [5.41, 5.74) is 0. The van der Waals surface area contributed by atoms with Gasteiger partial charge in [-0.1, -0.05) is 34.1 Å². The minimum absolute atomic E-state index is 0.0313. The lowest BCUT2D eigenvalue weighted by atomic mass is 9.74. The van der Waals surface area contributed by atoms with E-state index in [1.54, 1.807) is 0 Å². The van der Waals surface area contributed by atoms with Crippen LogP contribution in [0.5, 0.6) is 0 Å². The van der Waals surface area contributed by atoms with E-state index in [0.717, 1.165) is 25.3 Å². The molecule has 2 N–H and O–H groups in total. The molecule has 0 bridgehead atoms. The number of amides is 1. The molecule has 0 aromatic rings. The summed E-state index contributed by atoms with van der Waals surface area (Å²) in [4.78, 5) is 12.5. The van der Waals surface area contributed by atoms with E-state index in [0.29, 0.717) is 23.8 Å². The van der Waals surface area contributed by atoms with Gasteiger partial charge in [0.2, 0.25) is 5.91 Å². The minimum Gasteiger partial charge on any atom is -0.352 e. The van der Waals surface area contributed by atoms with Gasteiger partial charge in [-0.15, -0.1) is 0 Å². The highest BCUT2D eigenvalue weighted by Crippen LogP contribution is 2.33. The van der Waals surface area contributed by atoms with Crippen LogP contribution in [0, 0.1) is 23.7 Å². The second-order valence-electron chi connectivity index (χ2n) is 7.58. The maximum atomic E-state index is 12.5. The summed E-state index contributed by atoms with van der Waals surface area (Å²) >= 11 is 0. The fraction of sp³-hybridized carbons (Fsp3) is 0.941. The molecule has 2 rings (SSSR count). The quantitative estimate of drug-likeness (QED) is 0.834. The largest absolute Gasteiger partial charge is 0.352 e. The van der Waals surface area contributed by atoms with E-state index >= 15 is 0 Å². The lowest BCUT2D eigenvalue weighted by molar-refractivity contribution is -0.125. The van der Waals surface area contributed by atoms with E-state index in [1.807, 2.05) is 0 Å². The molecule has 5 atom stereocenters. The van der Waals surface area contributed by atoms with Gasteiger partial charge in [-0.05, 0) is 55.9 Å². The first-order valence-corrected chi connectivity index (χ1v) is 8.51. The molecule has 5 unspecified atom stereocenters. The number of hydrogen-bond donors (Lipinski definition) is 2. The predicted octanol–water partition coefficient (Wildman–Crippen LogP) is 2.95. The smallest absolute Gasteiger partial charge is 0.237 e. The monoisotopic (exact) mass is 280 g/mol. The third-order valence-electron chi connectivity index (χ3n) is 5.33. The van der Waals surface area contributed by atoms with Crippen molar-refractivity contribution >= 4 is 5.91 Å². The maximum Gasteiger partial charge on any atom is 0.237 e. The van der Waals surface area contributed by atoms with Crippen molar-refractivity contribution in [1.29, 1.82) is 0 Å². The Bertz CT molecular complexity index is 329. The first kappa shape index (κ1) is 15.8. The Balaban J connectivity index is 1.93. The first-order chi connectivity index (χ1) is 9.47. The van der Waals surface area contributed by atoms with Gasteiger partial charge in [-0.2, -0.15) is 0 Å². The molecule has 3 heteroatoms. The van der Waals surface area contributed by atoms with Gasteiger partial charge in [0.15, 0.2) is 0 Å². The van der Waals surface area contributed by atoms with E-state index < -0.39 is 0 Å². The Morgan fingerprint density at radius 3 is 2.45 bits per heavy atom. The van der Waals surface area contributed by atoms with Crippen molar-refractivity contribution in [3.05, 3.63) is 0 Å². The van der Waals surface area contributed by atoms with Gasteiger partial charge in [-0.3, -0.25) is 4.79 Å². The topological polar surface area (TPSA) is 41.1 Å². The summed E-state index contributed by atoms with van der Waals surface area (Å²) in [5, 5.41) is 6.75. The summed E-state index contributed by atoms with van der Waals surface area (Å²) in [6.07, 6.45) is 5.91. The van der Waals surface area contributed by atoms with Gasteiger partial charge in [0.25, 0.3) is 0 Å². The SMILES string of the molecule is CC1CCNC(C(=O)NC2CC(C)CCC2C(C)C)C1. The molecule has 2 aliphatic rings. The van der Waals surface area contributed by atoms with Crippen LogP contribution in [-0.2, 0) is 4.79 Å². The van der Waals surface area contributed by atoms with Gasteiger partial charge in [0, 0.05) is 6.04 Å². The van der Waals surface area contributed by atoms with Crippen LogP contribution in [0.15, 0.2) is 0 Å². The number of hydrogen-bond acceptors (Lipinski definition) is 2. The maximum absolute atomic E-state index is 12.5. The number of rotatable bonds is 3. The summed E-state index contributed by atoms with van der Waals surface area (Å²) in [5.74, 6) is 2.95. The Kier molecular flexibility index (Phi) is 5.48. The lowest BCUT2D eigenvalue weighted by Gasteiger charge is -2.39. The van der Waals surface area contributed by atoms with Gasteiger partial charge in [0.1, 0.15) is 0 Å². The van der Waals surface area contributed by atoms with E-state index in [4.69, 9.17) is 0 Å². The minimum atomic E-state index is 0.0313. The van der Waals surface area contributed by atoms with Crippen LogP contribution >= 0.6 is 0 Å². The molecule has 0 aromatic heterocycles. The van der Waals surface area contributed by atoms with Gasteiger partial charge in [-0.25, -0.2) is 0 Å². The standard InChI is InChI=1S/C17H32N2O/c1-11(2)14-6-5-12(3)9-15(14)19-17(20)16-10-13(4)7-8-18-16/h11-16,18H,5-10H2,1-4H3,(H,19,20). The molecule has 1 aliphatic heterocycles. The highest BCUT2D eigenvalue weighted by atomic mass is 16.2. The average Bonchev–Trinajstić information content (AvgIpc) is 2.38. The molecule has 0 radical (unpaired) electrons. The Morgan fingerprint density at radius 1 is 1.10 bits per heavy atom. The molecule has 2 fully saturated rings. The second-order valence-corrected chi connectivity index (χ2v) is 7.58. The molecule has 1 aliphatic carbocycles. The van der Waals surface area contributed by atoms with Crippen molar-refractivity contribution < 1.29 is 4.79 Å². The molecule has 1 amide bonds. The molecule has 1 heterocycles. The van der Waals surface area contributed by atoms with Gasteiger partial charge >= 0.3 is 0 Å². The Labute approximate surface area is 124 Å². The highest BCUT2D eigenvalue weighted by molar-refractivity contribution is 5.82. The molecule has 3 nitrogen and oxygen atoms in total. The van der Waals surface area contributed by atoms with Gasteiger partial charge < -0.3 is 10.6 Å².